The van der Waals surface area contributed by atoms with Crippen LogP contribution in [-0.4, -0.2) is 25.2 Å². The molecule has 4 nitrogen and oxygen atoms in total. The van der Waals surface area contributed by atoms with Gasteiger partial charge in [-0.05, 0) is 63.3 Å². The number of halogens is 1. The van der Waals surface area contributed by atoms with E-state index in [-0.39, 0.29) is 16.9 Å². The van der Waals surface area contributed by atoms with Crippen LogP contribution in [0.2, 0.25) is 0 Å². The van der Waals surface area contributed by atoms with Crippen LogP contribution in [0.4, 0.5) is 0 Å². The Hall–Kier alpha value is -0.430. The zero-order chi connectivity index (χ0) is 15.0. The standard InChI is InChI=1S/C14H20BrNO3S/c1-14(2,17)10-3-6-12(9-10)16-20(18,19)13-7-4-11(15)5-8-13/h4-5,7-8,10,12,16-17H,3,6,9H2,1-2H3/t10-,12+/m1/s1. The van der Waals surface area contributed by atoms with Gasteiger partial charge in [-0.15, -0.1) is 0 Å². The molecule has 0 radical (unpaired) electrons. The molecule has 0 amide bonds. The first kappa shape index (κ1) is 15.9. The van der Waals surface area contributed by atoms with Crippen molar-refractivity contribution < 1.29 is 13.5 Å². The summed E-state index contributed by atoms with van der Waals surface area (Å²) in [6.07, 6.45) is 2.29. The molecule has 1 saturated carbocycles. The lowest BCUT2D eigenvalue weighted by atomic mass is 9.90. The van der Waals surface area contributed by atoms with Crippen molar-refractivity contribution in [3.05, 3.63) is 28.7 Å². The van der Waals surface area contributed by atoms with Crippen molar-refractivity contribution in [3.8, 4) is 0 Å². The van der Waals surface area contributed by atoms with Crippen LogP contribution in [0.25, 0.3) is 0 Å². The van der Waals surface area contributed by atoms with Gasteiger partial charge in [0.15, 0.2) is 0 Å². The first-order valence-corrected chi connectivity index (χ1v) is 8.96. The van der Waals surface area contributed by atoms with E-state index in [1.54, 1.807) is 38.1 Å². The molecular weight excluding hydrogens is 342 g/mol. The lowest BCUT2D eigenvalue weighted by Gasteiger charge is -2.25. The molecule has 1 aromatic rings. The van der Waals surface area contributed by atoms with Crippen molar-refractivity contribution >= 4 is 26.0 Å². The largest absolute Gasteiger partial charge is 0.390 e. The molecule has 2 N–H and O–H groups in total. The minimum absolute atomic E-state index is 0.0972. The fourth-order valence-corrected chi connectivity index (χ4v) is 4.18. The molecule has 1 aliphatic rings. The summed E-state index contributed by atoms with van der Waals surface area (Å²) in [5.41, 5.74) is -0.752. The third kappa shape index (κ3) is 3.81. The SMILES string of the molecule is CC(C)(O)[C@@H]1CC[C@H](NS(=O)(=O)c2ccc(Br)cc2)C1. The molecule has 0 saturated heterocycles. The van der Waals surface area contributed by atoms with Crippen LogP contribution < -0.4 is 4.72 Å². The number of hydrogen-bond acceptors (Lipinski definition) is 3. The van der Waals surface area contributed by atoms with Crippen LogP contribution in [0.15, 0.2) is 33.6 Å². The van der Waals surface area contributed by atoms with Gasteiger partial charge >= 0.3 is 0 Å². The highest BCUT2D eigenvalue weighted by Gasteiger charge is 2.36. The predicted molar refractivity (Wildman–Crippen MR) is 81.9 cm³/mol. The molecule has 1 aromatic carbocycles. The molecule has 0 spiro atoms. The highest BCUT2D eigenvalue weighted by molar-refractivity contribution is 9.10. The smallest absolute Gasteiger partial charge is 0.240 e. The van der Waals surface area contributed by atoms with E-state index in [4.69, 9.17) is 0 Å². The third-order valence-electron chi connectivity index (χ3n) is 3.88. The average Bonchev–Trinajstić information content (AvgIpc) is 2.77. The zero-order valence-corrected chi connectivity index (χ0v) is 14.0. The first-order chi connectivity index (χ1) is 9.18. The van der Waals surface area contributed by atoms with Crippen LogP contribution in [-0.2, 0) is 10.0 Å². The lowest BCUT2D eigenvalue weighted by molar-refractivity contribution is 0.0193. The molecule has 2 rings (SSSR count). The van der Waals surface area contributed by atoms with E-state index in [1.165, 1.54) is 0 Å². The number of benzene rings is 1. The Morgan fingerprint density at radius 3 is 2.35 bits per heavy atom. The summed E-state index contributed by atoms with van der Waals surface area (Å²) in [4.78, 5) is 0.271. The van der Waals surface area contributed by atoms with Crippen molar-refractivity contribution in [3.63, 3.8) is 0 Å². The summed E-state index contributed by atoms with van der Waals surface area (Å²) in [5.74, 6) is 0.139. The highest BCUT2D eigenvalue weighted by Crippen LogP contribution is 2.34. The van der Waals surface area contributed by atoms with E-state index < -0.39 is 15.6 Å². The number of rotatable bonds is 4. The molecule has 0 bridgehead atoms. The predicted octanol–water partition coefficient (Wildman–Crippen LogP) is 2.67. The molecule has 0 aliphatic heterocycles. The topological polar surface area (TPSA) is 66.4 Å². The van der Waals surface area contributed by atoms with Crippen LogP contribution in [0.5, 0.6) is 0 Å². The van der Waals surface area contributed by atoms with E-state index in [0.717, 1.165) is 17.3 Å². The summed E-state index contributed by atoms with van der Waals surface area (Å²) in [5, 5.41) is 10.00. The quantitative estimate of drug-likeness (QED) is 0.866. The molecular formula is C14H20BrNO3S. The molecule has 112 valence electrons. The first-order valence-electron chi connectivity index (χ1n) is 6.69. The van der Waals surface area contributed by atoms with Crippen molar-refractivity contribution in [1.29, 1.82) is 0 Å². The molecule has 0 aromatic heterocycles. The molecule has 0 unspecified atom stereocenters. The van der Waals surface area contributed by atoms with Gasteiger partial charge in [0.25, 0.3) is 0 Å². The Balaban J connectivity index is 2.05. The van der Waals surface area contributed by atoms with Gasteiger partial charge in [-0.3, -0.25) is 0 Å². The lowest BCUT2D eigenvalue weighted by Crippen LogP contribution is -2.35. The summed E-state index contributed by atoms with van der Waals surface area (Å²) in [6, 6.07) is 6.48. The second-order valence-electron chi connectivity index (χ2n) is 5.94. The van der Waals surface area contributed by atoms with Crippen molar-refractivity contribution in [2.24, 2.45) is 5.92 Å². The summed E-state index contributed by atoms with van der Waals surface area (Å²) in [6.45, 7) is 3.56. The van der Waals surface area contributed by atoms with Gasteiger partial charge in [0.05, 0.1) is 10.5 Å². The van der Waals surface area contributed by atoms with E-state index in [0.29, 0.717) is 6.42 Å². The van der Waals surface area contributed by atoms with Crippen molar-refractivity contribution in [2.75, 3.05) is 0 Å². The molecule has 20 heavy (non-hydrogen) atoms. The maximum Gasteiger partial charge on any atom is 0.240 e. The molecule has 6 heteroatoms. The molecule has 1 aliphatic carbocycles. The van der Waals surface area contributed by atoms with Crippen molar-refractivity contribution in [2.45, 2.75) is 49.6 Å². The Morgan fingerprint density at radius 2 is 1.85 bits per heavy atom. The van der Waals surface area contributed by atoms with E-state index in [9.17, 15) is 13.5 Å². The summed E-state index contributed by atoms with van der Waals surface area (Å²) in [7, 11) is -3.48. The second kappa shape index (κ2) is 5.75. The van der Waals surface area contributed by atoms with E-state index in [1.807, 2.05) is 0 Å². The normalized spacial score (nSPS) is 24.0. The van der Waals surface area contributed by atoms with Gasteiger partial charge < -0.3 is 5.11 Å². The minimum atomic E-state index is -3.48. The summed E-state index contributed by atoms with van der Waals surface area (Å²) >= 11 is 3.29. The van der Waals surface area contributed by atoms with Crippen LogP contribution >= 0.6 is 15.9 Å². The van der Waals surface area contributed by atoms with Crippen molar-refractivity contribution in [1.82, 2.24) is 4.72 Å². The Kier molecular flexibility index (Phi) is 4.59. The highest BCUT2D eigenvalue weighted by atomic mass is 79.9. The number of aliphatic hydroxyl groups is 1. The summed E-state index contributed by atoms with van der Waals surface area (Å²) < 4.78 is 28.1. The Labute approximate surface area is 128 Å². The van der Waals surface area contributed by atoms with Gasteiger partial charge in [-0.1, -0.05) is 15.9 Å². The number of hydrogen-bond donors (Lipinski definition) is 2. The molecule has 0 heterocycles. The number of nitrogens with one attached hydrogen (secondary N) is 1. The fraction of sp³-hybridized carbons (Fsp3) is 0.571. The van der Waals surface area contributed by atoms with E-state index >= 15 is 0 Å². The fourth-order valence-electron chi connectivity index (χ4n) is 2.63. The second-order valence-corrected chi connectivity index (χ2v) is 8.57. The Morgan fingerprint density at radius 1 is 1.25 bits per heavy atom. The van der Waals surface area contributed by atoms with Gasteiger partial charge in [0.2, 0.25) is 10.0 Å². The van der Waals surface area contributed by atoms with Gasteiger partial charge in [-0.2, -0.15) is 0 Å². The molecule has 1 fully saturated rings. The zero-order valence-electron chi connectivity index (χ0n) is 11.6. The van der Waals surface area contributed by atoms with Gasteiger partial charge in [0, 0.05) is 10.5 Å². The number of sulfonamides is 1. The van der Waals surface area contributed by atoms with Gasteiger partial charge in [-0.25, -0.2) is 13.1 Å². The van der Waals surface area contributed by atoms with E-state index in [2.05, 4.69) is 20.7 Å². The minimum Gasteiger partial charge on any atom is -0.390 e. The Bertz CT molecular complexity index is 563. The van der Waals surface area contributed by atoms with Gasteiger partial charge in [0.1, 0.15) is 0 Å². The maximum absolute atomic E-state index is 12.3. The maximum atomic E-state index is 12.3. The average molecular weight is 362 g/mol. The monoisotopic (exact) mass is 361 g/mol. The van der Waals surface area contributed by atoms with Crippen LogP contribution in [0, 0.1) is 5.92 Å². The van der Waals surface area contributed by atoms with Crippen LogP contribution in [0.3, 0.4) is 0 Å². The van der Waals surface area contributed by atoms with Crippen LogP contribution in [0.1, 0.15) is 33.1 Å². The molecule has 2 atom stereocenters. The third-order valence-corrected chi connectivity index (χ3v) is 5.94.